The van der Waals surface area contributed by atoms with Gasteiger partial charge in [0.05, 0.1) is 4.83 Å². The molecule has 0 aromatic rings. The number of hydrogen-bond acceptors (Lipinski definition) is 2. The SMILES string of the molecule is CCCN1CCC(NC(=O)C(C)Br)CC1. The summed E-state index contributed by atoms with van der Waals surface area (Å²) in [4.78, 5) is 13.8. The second-order valence-corrected chi connectivity index (χ2v) is 5.61. The van der Waals surface area contributed by atoms with E-state index in [4.69, 9.17) is 0 Å². The van der Waals surface area contributed by atoms with E-state index in [-0.39, 0.29) is 10.7 Å². The van der Waals surface area contributed by atoms with E-state index in [0.29, 0.717) is 6.04 Å². The lowest BCUT2D eigenvalue weighted by molar-refractivity contribution is -0.121. The predicted molar refractivity (Wildman–Crippen MR) is 66.3 cm³/mol. The maximum Gasteiger partial charge on any atom is 0.233 e. The quantitative estimate of drug-likeness (QED) is 0.794. The maximum absolute atomic E-state index is 11.4. The molecule has 0 spiro atoms. The van der Waals surface area contributed by atoms with E-state index in [0.717, 1.165) is 25.9 Å². The van der Waals surface area contributed by atoms with E-state index in [1.165, 1.54) is 13.0 Å². The molecule has 0 aliphatic carbocycles. The Kier molecular flexibility index (Phi) is 5.61. The van der Waals surface area contributed by atoms with E-state index in [2.05, 4.69) is 33.1 Å². The third-order valence-electron chi connectivity index (χ3n) is 2.84. The molecule has 1 fully saturated rings. The van der Waals surface area contributed by atoms with Gasteiger partial charge in [-0.3, -0.25) is 4.79 Å². The third-order valence-corrected chi connectivity index (χ3v) is 3.25. The molecule has 4 heteroatoms. The molecule has 1 unspecified atom stereocenters. The zero-order valence-corrected chi connectivity index (χ0v) is 11.2. The van der Waals surface area contributed by atoms with Gasteiger partial charge in [0.2, 0.25) is 5.91 Å². The summed E-state index contributed by atoms with van der Waals surface area (Å²) in [5, 5.41) is 3.07. The van der Waals surface area contributed by atoms with Gasteiger partial charge in [-0.05, 0) is 32.7 Å². The molecule has 0 saturated carbocycles. The Morgan fingerprint density at radius 3 is 2.60 bits per heavy atom. The summed E-state index contributed by atoms with van der Waals surface area (Å²) in [5.74, 6) is 0.115. The van der Waals surface area contributed by atoms with Gasteiger partial charge in [-0.1, -0.05) is 22.9 Å². The standard InChI is InChI=1S/C11H21BrN2O/c1-3-6-14-7-4-10(5-8-14)13-11(15)9(2)12/h9-10H,3-8H2,1-2H3,(H,13,15). The normalized spacial score (nSPS) is 21.3. The highest BCUT2D eigenvalue weighted by molar-refractivity contribution is 9.10. The highest BCUT2D eigenvalue weighted by Crippen LogP contribution is 2.11. The largest absolute Gasteiger partial charge is 0.352 e. The topological polar surface area (TPSA) is 32.3 Å². The summed E-state index contributed by atoms with van der Waals surface area (Å²) in [6.45, 7) is 7.50. The van der Waals surface area contributed by atoms with Gasteiger partial charge in [0.15, 0.2) is 0 Å². The van der Waals surface area contributed by atoms with Crippen molar-refractivity contribution in [3.8, 4) is 0 Å². The Balaban J connectivity index is 2.22. The minimum absolute atomic E-state index is 0.0776. The molecular weight excluding hydrogens is 256 g/mol. The lowest BCUT2D eigenvalue weighted by Gasteiger charge is -2.32. The molecule has 1 aliphatic heterocycles. The number of nitrogens with one attached hydrogen (secondary N) is 1. The fraction of sp³-hybridized carbons (Fsp3) is 0.909. The van der Waals surface area contributed by atoms with Crippen molar-refractivity contribution in [3.63, 3.8) is 0 Å². The van der Waals surface area contributed by atoms with Gasteiger partial charge < -0.3 is 10.2 Å². The molecule has 1 aliphatic rings. The van der Waals surface area contributed by atoms with Crippen molar-refractivity contribution in [3.05, 3.63) is 0 Å². The Labute approximate surface area is 101 Å². The monoisotopic (exact) mass is 276 g/mol. The summed E-state index contributed by atoms with van der Waals surface area (Å²) in [6, 6.07) is 0.380. The molecule has 0 aromatic heterocycles. The maximum atomic E-state index is 11.4. The molecule has 1 atom stereocenters. The van der Waals surface area contributed by atoms with Crippen LogP contribution in [0.4, 0.5) is 0 Å². The Morgan fingerprint density at radius 2 is 2.13 bits per heavy atom. The van der Waals surface area contributed by atoms with Gasteiger partial charge in [-0.25, -0.2) is 0 Å². The van der Waals surface area contributed by atoms with E-state index in [9.17, 15) is 4.79 Å². The zero-order chi connectivity index (χ0) is 11.3. The van der Waals surface area contributed by atoms with Gasteiger partial charge in [-0.15, -0.1) is 0 Å². The summed E-state index contributed by atoms with van der Waals surface area (Å²) in [5.41, 5.74) is 0. The van der Waals surface area contributed by atoms with Crippen LogP contribution in [0.15, 0.2) is 0 Å². The molecule has 1 saturated heterocycles. The Hall–Kier alpha value is -0.0900. The molecule has 0 bridgehead atoms. The first-order chi connectivity index (χ1) is 7.13. The molecule has 0 radical (unpaired) electrons. The second kappa shape index (κ2) is 6.48. The summed E-state index contributed by atoms with van der Waals surface area (Å²) >= 11 is 3.28. The van der Waals surface area contributed by atoms with Crippen LogP contribution in [0, 0.1) is 0 Å². The molecule has 1 rings (SSSR count). The lowest BCUT2D eigenvalue weighted by atomic mass is 10.0. The first-order valence-corrected chi connectivity index (χ1v) is 6.72. The van der Waals surface area contributed by atoms with E-state index in [1.807, 2.05) is 6.92 Å². The number of piperidine rings is 1. The minimum Gasteiger partial charge on any atom is -0.352 e. The third kappa shape index (κ3) is 4.51. The number of amides is 1. The van der Waals surface area contributed by atoms with Crippen LogP contribution in [0.2, 0.25) is 0 Å². The first-order valence-electron chi connectivity index (χ1n) is 5.80. The van der Waals surface area contributed by atoms with Gasteiger partial charge in [0.1, 0.15) is 0 Å². The van der Waals surface area contributed by atoms with Crippen molar-refractivity contribution in [1.82, 2.24) is 10.2 Å². The molecule has 1 amide bonds. The van der Waals surface area contributed by atoms with Crippen LogP contribution < -0.4 is 5.32 Å². The number of halogens is 1. The van der Waals surface area contributed by atoms with Crippen LogP contribution in [0.1, 0.15) is 33.1 Å². The van der Waals surface area contributed by atoms with Crippen LogP contribution in [0.25, 0.3) is 0 Å². The number of carbonyl (C=O) groups excluding carboxylic acids is 1. The van der Waals surface area contributed by atoms with Crippen LogP contribution in [-0.2, 0) is 4.79 Å². The van der Waals surface area contributed by atoms with Gasteiger partial charge in [0.25, 0.3) is 0 Å². The fourth-order valence-corrected chi connectivity index (χ4v) is 2.07. The predicted octanol–water partition coefficient (Wildman–Crippen LogP) is 1.76. The molecule has 1 heterocycles. The van der Waals surface area contributed by atoms with Gasteiger partial charge in [0, 0.05) is 19.1 Å². The number of rotatable bonds is 4. The van der Waals surface area contributed by atoms with Crippen molar-refractivity contribution in [2.24, 2.45) is 0 Å². The highest BCUT2D eigenvalue weighted by atomic mass is 79.9. The van der Waals surface area contributed by atoms with Crippen LogP contribution in [0.5, 0.6) is 0 Å². The van der Waals surface area contributed by atoms with Crippen molar-refractivity contribution in [2.75, 3.05) is 19.6 Å². The molecule has 15 heavy (non-hydrogen) atoms. The Bertz CT molecular complexity index is 201. The summed E-state index contributed by atoms with van der Waals surface area (Å²) in [6.07, 6.45) is 3.40. The summed E-state index contributed by atoms with van der Waals surface area (Å²) in [7, 11) is 0. The van der Waals surface area contributed by atoms with E-state index >= 15 is 0 Å². The number of carbonyl (C=O) groups is 1. The van der Waals surface area contributed by atoms with Crippen molar-refractivity contribution in [2.45, 2.75) is 44.0 Å². The van der Waals surface area contributed by atoms with Gasteiger partial charge >= 0.3 is 0 Å². The smallest absolute Gasteiger partial charge is 0.233 e. The average Bonchev–Trinajstić information content (AvgIpc) is 2.21. The van der Waals surface area contributed by atoms with E-state index in [1.54, 1.807) is 0 Å². The fourth-order valence-electron chi connectivity index (χ4n) is 1.93. The lowest BCUT2D eigenvalue weighted by Crippen LogP contribution is -2.46. The van der Waals surface area contributed by atoms with Crippen LogP contribution in [0.3, 0.4) is 0 Å². The molecule has 1 N–H and O–H groups in total. The van der Waals surface area contributed by atoms with Crippen molar-refractivity contribution >= 4 is 21.8 Å². The van der Waals surface area contributed by atoms with Crippen LogP contribution in [-0.4, -0.2) is 41.3 Å². The number of nitrogens with zero attached hydrogens (tertiary/aromatic N) is 1. The highest BCUT2D eigenvalue weighted by Gasteiger charge is 2.21. The minimum atomic E-state index is -0.0776. The molecular formula is C11H21BrN2O. The Morgan fingerprint density at radius 1 is 1.53 bits per heavy atom. The first kappa shape index (κ1) is 13.0. The second-order valence-electron chi connectivity index (χ2n) is 4.24. The molecule has 3 nitrogen and oxygen atoms in total. The van der Waals surface area contributed by atoms with Crippen molar-refractivity contribution < 1.29 is 4.79 Å². The summed E-state index contributed by atoms with van der Waals surface area (Å²) < 4.78 is 0. The zero-order valence-electron chi connectivity index (χ0n) is 9.63. The number of alkyl halides is 1. The average molecular weight is 277 g/mol. The van der Waals surface area contributed by atoms with Crippen LogP contribution >= 0.6 is 15.9 Å². The van der Waals surface area contributed by atoms with Crippen molar-refractivity contribution in [1.29, 1.82) is 0 Å². The van der Waals surface area contributed by atoms with E-state index < -0.39 is 0 Å². The molecule has 0 aromatic carbocycles. The number of likely N-dealkylation sites (tertiary alicyclic amines) is 1. The molecule has 88 valence electrons. The van der Waals surface area contributed by atoms with Gasteiger partial charge in [-0.2, -0.15) is 0 Å². The number of hydrogen-bond donors (Lipinski definition) is 1.